The molecule has 5 heteroatoms. The standard InChI is InChI=1S/C51H32N4O/c1-52-43-28-25-37(26-29-43)50-54-48(35-13-5-2-6-14-35)53-49(55-50)36-23-21-34(22-24-36)40-27-30-44-46(33-40)56-47-32-39-16-12-11-15-38(39)31-45(47)51(44,41-17-7-3-8-18-41)42-19-9-4-10-20-42/h2-33H. The molecule has 5 nitrogen and oxygen atoms in total. The maximum atomic E-state index is 7.36. The molecule has 0 bridgehead atoms. The molecule has 1 aliphatic heterocycles. The van der Waals surface area contributed by atoms with Gasteiger partial charge in [-0.3, -0.25) is 0 Å². The molecule has 262 valence electrons. The second kappa shape index (κ2) is 13.6. The van der Waals surface area contributed by atoms with Crippen molar-refractivity contribution in [2.45, 2.75) is 5.41 Å². The molecule has 0 amide bonds. The van der Waals surface area contributed by atoms with Crippen LogP contribution in [-0.2, 0) is 5.41 Å². The quantitative estimate of drug-likeness (QED) is 0.161. The second-order valence-corrected chi connectivity index (χ2v) is 13.9. The highest BCUT2D eigenvalue weighted by Crippen LogP contribution is 2.56. The van der Waals surface area contributed by atoms with Gasteiger partial charge in [0.05, 0.1) is 12.0 Å². The first-order valence-corrected chi connectivity index (χ1v) is 18.5. The van der Waals surface area contributed by atoms with Crippen molar-refractivity contribution in [3.8, 4) is 56.8 Å². The highest BCUT2D eigenvalue weighted by Gasteiger charge is 2.45. The first kappa shape index (κ1) is 32.9. The minimum absolute atomic E-state index is 0.551. The lowest BCUT2D eigenvalue weighted by Gasteiger charge is -2.42. The van der Waals surface area contributed by atoms with E-state index in [0.29, 0.717) is 23.2 Å². The van der Waals surface area contributed by atoms with Crippen molar-refractivity contribution in [3.05, 3.63) is 228 Å². The molecule has 0 N–H and O–H groups in total. The largest absolute Gasteiger partial charge is 0.457 e. The summed E-state index contributed by atoms with van der Waals surface area (Å²) in [6.45, 7) is 7.36. The fourth-order valence-electron chi connectivity index (χ4n) is 7.97. The second-order valence-electron chi connectivity index (χ2n) is 13.9. The van der Waals surface area contributed by atoms with Gasteiger partial charge in [0.15, 0.2) is 23.2 Å². The van der Waals surface area contributed by atoms with Gasteiger partial charge in [-0.2, -0.15) is 0 Å². The summed E-state index contributed by atoms with van der Waals surface area (Å²) >= 11 is 0. The molecule has 0 fully saturated rings. The highest BCUT2D eigenvalue weighted by atomic mass is 16.5. The molecule has 0 atom stereocenters. The van der Waals surface area contributed by atoms with Crippen molar-refractivity contribution in [2.24, 2.45) is 0 Å². The van der Waals surface area contributed by atoms with Crippen molar-refractivity contribution >= 4 is 16.5 Å². The van der Waals surface area contributed by atoms with Crippen LogP contribution in [-0.4, -0.2) is 15.0 Å². The van der Waals surface area contributed by atoms with Crippen LogP contribution in [0.4, 0.5) is 5.69 Å². The lowest BCUT2D eigenvalue weighted by atomic mass is 9.63. The zero-order chi connectivity index (χ0) is 37.5. The average molecular weight is 717 g/mol. The first-order chi connectivity index (χ1) is 27.7. The van der Waals surface area contributed by atoms with Gasteiger partial charge < -0.3 is 4.74 Å². The zero-order valence-electron chi connectivity index (χ0n) is 30.2. The Bertz CT molecular complexity index is 2880. The highest BCUT2D eigenvalue weighted by molar-refractivity contribution is 5.88. The van der Waals surface area contributed by atoms with Gasteiger partial charge in [-0.1, -0.05) is 176 Å². The van der Waals surface area contributed by atoms with E-state index in [-0.39, 0.29) is 0 Å². The maximum absolute atomic E-state index is 7.36. The van der Waals surface area contributed by atoms with Crippen LogP contribution in [0.15, 0.2) is 194 Å². The molecular weight excluding hydrogens is 685 g/mol. The van der Waals surface area contributed by atoms with Crippen molar-refractivity contribution in [1.29, 1.82) is 0 Å². The zero-order valence-corrected chi connectivity index (χ0v) is 30.2. The van der Waals surface area contributed by atoms with E-state index in [4.69, 9.17) is 26.3 Å². The number of rotatable bonds is 6. The van der Waals surface area contributed by atoms with E-state index in [1.165, 1.54) is 16.5 Å². The molecule has 0 unspecified atom stereocenters. The fourth-order valence-corrected chi connectivity index (χ4v) is 7.97. The normalized spacial score (nSPS) is 12.6. The molecule has 2 heterocycles. The van der Waals surface area contributed by atoms with Crippen molar-refractivity contribution < 1.29 is 4.74 Å². The summed E-state index contributed by atoms with van der Waals surface area (Å²) in [5.74, 6) is 3.38. The van der Waals surface area contributed by atoms with Crippen LogP contribution >= 0.6 is 0 Å². The maximum Gasteiger partial charge on any atom is 0.187 e. The van der Waals surface area contributed by atoms with Crippen LogP contribution in [0.25, 0.3) is 60.9 Å². The lowest BCUT2D eigenvalue weighted by molar-refractivity contribution is 0.435. The summed E-state index contributed by atoms with van der Waals surface area (Å²) in [5, 5.41) is 2.30. The smallest absolute Gasteiger partial charge is 0.187 e. The van der Waals surface area contributed by atoms with Crippen LogP contribution < -0.4 is 4.74 Å². The van der Waals surface area contributed by atoms with Gasteiger partial charge in [0.1, 0.15) is 11.5 Å². The van der Waals surface area contributed by atoms with Gasteiger partial charge in [0.2, 0.25) is 0 Å². The summed E-state index contributed by atoms with van der Waals surface area (Å²) in [7, 11) is 0. The van der Waals surface area contributed by atoms with Gasteiger partial charge in [0.25, 0.3) is 0 Å². The molecule has 56 heavy (non-hydrogen) atoms. The first-order valence-electron chi connectivity index (χ1n) is 18.5. The van der Waals surface area contributed by atoms with Gasteiger partial charge >= 0.3 is 0 Å². The Morgan fingerprint density at radius 1 is 0.393 bits per heavy atom. The summed E-state index contributed by atoms with van der Waals surface area (Å²) in [6.07, 6.45) is 0. The Balaban J connectivity index is 1.09. The van der Waals surface area contributed by atoms with E-state index >= 15 is 0 Å². The van der Waals surface area contributed by atoms with Crippen molar-refractivity contribution in [2.75, 3.05) is 0 Å². The number of hydrogen-bond acceptors (Lipinski definition) is 4. The predicted molar refractivity (Wildman–Crippen MR) is 224 cm³/mol. The Morgan fingerprint density at radius 2 is 0.839 bits per heavy atom. The van der Waals surface area contributed by atoms with Crippen LogP contribution in [0.1, 0.15) is 22.3 Å². The van der Waals surface area contributed by atoms with Crippen molar-refractivity contribution in [3.63, 3.8) is 0 Å². The van der Waals surface area contributed by atoms with Crippen LogP contribution in [0.3, 0.4) is 0 Å². The van der Waals surface area contributed by atoms with Crippen LogP contribution in [0, 0.1) is 6.57 Å². The van der Waals surface area contributed by atoms with Crippen LogP contribution in [0.2, 0.25) is 0 Å². The number of fused-ring (bicyclic) bond motifs is 3. The van der Waals surface area contributed by atoms with Gasteiger partial charge in [0, 0.05) is 27.8 Å². The number of benzene rings is 8. The van der Waals surface area contributed by atoms with Gasteiger partial charge in [-0.15, -0.1) is 0 Å². The number of hydrogen-bond donors (Lipinski definition) is 0. The van der Waals surface area contributed by atoms with E-state index in [1.54, 1.807) is 12.1 Å². The summed E-state index contributed by atoms with van der Waals surface area (Å²) < 4.78 is 6.92. The summed E-state index contributed by atoms with van der Waals surface area (Å²) in [6, 6.07) is 66.7. The Morgan fingerprint density at radius 3 is 1.41 bits per heavy atom. The number of aromatic nitrogens is 3. The van der Waals surface area contributed by atoms with E-state index in [2.05, 4.69) is 144 Å². The Kier molecular flexibility index (Phi) is 8.01. The van der Waals surface area contributed by atoms with E-state index in [9.17, 15) is 0 Å². The minimum Gasteiger partial charge on any atom is -0.457 e. The molecule has 10 rings (SSSR count). The Labute approximate surface area is 325 Å². The van der Waals surface area contributed by atoms with Crippen LogP contribution in [0.5, 0.6) is 11.5 Å². The molecule has 8 aromatic carbocycles. The number of nitrogens with zero attached hydrogens (tertiary/aromatic N) is 4. The van der Waals surface area contributed by atoms with Crippen molar-refractivity contribution in [1.82, 2.24) is 15.0 Å². The molecular formula is C51H32N4O. The van der Waals surface area contributed by atoms with E-state index in [1.807, 2.05) is 42.5 Å². The molecule has 0 saturated carbocycles. The average Bonchev–Trinajstić information content (AvgIpc) is 3.28. The topological polar surface area (TPSA) is 52.3 Å². The molecule has 1 aliphatic rings. The Hall–Kier alpha value is -7.68. The third kappa shape index (κ3) is 5.60. The molecule has 0 spiro atoms. The molecule has 9 aromatic rings. The lowest BCUT2D eigenvalue weighted by Crippen LogP contribution is -2.34. The monoisotopic (exact) mass is 716 g/mol. The molecule has 0 aliphatic carbocycles. The van der Waals surface area contributed by atoms with E-state index < -0.39 is 5.41 Å². The third-order valence-corrected chi connectivity index (χ3v) is 10.7. The molecule has 0 saturated heterocycles. The van der Waals surface area contributed by atoms with E-state index in [0.717, 1.165) is 55.8 Å². The fraction of sp³-hybridized carbons (Fsp3) is 0.0196. The predicted octanol–water partition coefficient (Wildman–Crippen LogP) is 12.7. The van der Waals surface area contributed by atoms with Gasteiger partial charge in [-0.25, -0.2) is 19.8 Å². The summed E-state index contributed by atoms with van der Waals surface area (Å²) in [5.41, 5.74) is 9.20. The minimum atomic E-state index is -0.610. The SMILES string of the molecule is [C-]#[N+]c1ccc(-c2nc(-c3ccccc3)nc(-c3ccc(-c4ccc5c(c4)Oc4cc6ccccc6cc4C5(c4ccccc4)c4ccccc4)cc3)n2)cc1. The summed E-state index contributed by atoms with van der Waals surface area (Å²) in [4.78, 5) is 18.2. The number of ether oxygens (including phenoxy) is 1. The molecule has 1 aromatic heterocycles. The molecule has 0 radical (unpaired) electrons. The third-order valence-electron chi connectivity index (χ3n) is 10.7. The van der Waals surface area contributed by atoms with Gasteiger partial charge in [-0.05, 0) is 51.2 Å².